The molecule has 1 aromatic carbocycles. The normalized spacial score (nSPS) is 19.2. The molecule has 2 amide bonds. The van der Waals surface area contributed by atoms with Crippen molar-refractivity contribution in [2.24, 2.45) is 0 Å². The molecule has 8 nitrogen and oxygen atoms in total. The van der Waals surface area contributed by atoms with Crippen molar-refractivity contribution in [2.75, 3.05) is 44.7 Å². The zero-order chi connectivity index (χ0) is 17.9. The number of sulfonamides is 1. The molecule has 0 spiro atoms. The topological polar surface area (TPSA) is 96.0 Å². The Morgan fingerprint density at radius 2 is 1.96 bits per heavy atom. The summed E-state index contributed by atoms with van der Waals surface area (Å²) < 4.78 is 31.9. The van der Waals surface area contributed by atoms with E-state index in [1.165, 1.54) is 21.3 Å². The molecule has 9 heteroatoms. The van der Waals surface area contributed by atoms with Gasteiger partial charge in [-0.15, -0.1) is 0 Å². The molecule has 0 aromatic heterocycles. The van der Waals surface area contributed by atoms with Crippen LogP contribution in [0.4, 0.5) is 5.69 Å². The highest BCUT2D eigenvalue weighted by Gasteiger charge is 2.27. The molecule has 0 aliphatic carbocycles. The molecule has 0 saturated carbocycles. The summed E-state index contributed by atoms with van der Waals surface area (Å²) >= 11 is 0. The minimum Gasteiger partial charge on any atom is -0.379 e. The van der Waals surface area contributed by atoms with Crippen LogP contribution in [0.1, 0.15) is 12.8 Å². The summed E-state index contributed by atoms with van der Waals surface area (Å²) in [5.74, 6) is -0.366. The number of rotatable bonds is 5. The maximum absolute atomic E-state index is 12.7. The van der Waals surface area contributed by atoms with Crippen molar-refractivity contribution in [1.29, 1.82) is 0 Å². The van der Waals surface area contributed by atoms with Gasteiger partial charge in [-0.05, 0) is 24.6 Å². The summed E-state index contributed by atoms with van der Waals surface area (Å²) in [5.41, 5.74) is 0.394. The van der Waals surface area contributed by atoms with Gasteiger partial charge in [0.05, 0.1) is 24.7 Å². The van der Waals surface area contributed by atoms with E-state index in [2.05, 4.69) is 5.32 Å². The summed E-state index contributed by atoms with van der Waals surface area (Å²) in [7, 11) is -3.61. The first kappa shape index (κ1) is 17.8. The third-order valence-electron chi connectivity index (χ3n) is 4.23. The van der Waals surface area contributed by atoms with Crippen LogP contribution in [0.5, 0.6) is 0 Å². The van der Waals surface area contributed by atoms with Gasteiger partial charge in [-0.2, -0.15) is 4.31 Å². The number of benzene rings is 1. The smallest absolute Gasteiger partial charge is 0.243 e. The van der Waals surface area contributed by atoms with Crippen LogP contribution in [0.3, 0.4) is 0 Å². The van der Waals surface area contributed by atoms with Crippen LogP contribution in [0.2, 0.25) is 0 Å². The fourth-order valence-electron chi connectivity index (χ4n) is 2.92. The monoisotopic (exact) mass is 367 g/mol. The predicted octanol–water partition coefficient (Wildman–Crippen LogP) is 0.268. The van der Waals surface area contributed by atoms with Gasteiger partial charge in [0.1, 0.15) is 0 Å². The standard InChI is InChI=1S/C16H21N3O5S/c20-15(12-18-6-2-5-16(18)21)17-13-3-1-4-14(11-13)25(22,23)19-7-9-24-10-8-19/h1,3-4,11H,2,5-10,12H2,(H,17,20). The van der Waals surface area contributed by atoms with E-state index in [0.717, 1.165) is 6.42 Å². The Kier molecular flexibility index (Phi) is 5.36. The lowest BCUT2D eigenvalue weighted by molar-refractivity contribution is -0.131. The first-order chi connectivity index (χ1) is 12.0. The fraction of sp³-hybridized carbons (Fsp3) is 0.500. The van der Waals surface area contributed by atoms with Crippen LogP contribution in [-0.2, 0) is 24.3 Å². The van der Waals surface area contributed by atoms with Gasteiger partial charge < -0.3 is 15.0 Å². The van der Waals surface area contributed by atoms with Crippen LogP contribution in [0.25, 0.3) is 0 Å². The highest BCUT2D eigenvalue weighted by atomic mass is 32.2. The van der Waals surface area contributed by atoms with Crippen molar-refractivity contribution in [1.82, 2.24) is 9.21 Å². The maximum Gasteiger partial charge on any atom is 0.243 e. The molecule has 25 heavy (non-hydrogen) atoms. The van der Waals surface area contributed by atoms with Gasteiger partial charge in [0.25, 0.3) is 0 Å². The Morgan fingerprint density at radius 3 is 2.64 bits per heavy atom. The molecule has 0 bridgehead atoms. The number of nitrogens with zero attached hydrogens (tertiary/aromatic N) is 2. The van der Waals surface area contributed by atoms with Crippen LogP contribution in [-0.4, -0.2) is 68.8 Å². The number of hydrogen-bond donors (Lipinski definition) is 1. The number of carbonyl (C=O) groups excluding carboxylic acids is 2. The molecule has 2 aliphatic rings. The highest BCUT2D eigenvalue weighted by molar-refractivity contribution is 7.89. The number of amides is 2. The van der Waals surface area contributed by atoms with Gasteiger partial charge >= 0.3 is 0 Å². The number of carbonyl (C=O) groups is 2. The molecule has 2 heterocycles. The van der Waals surface area contributed by atoms with Crippen molar-refractivity contribution >= 4 is 27.5 Å². The number of ether oxygens (including phenoxy) is 1. The lowest BCUT2D eigenvalue weighted by Crippen LogP contribution is -2.40. The second kappa shape index (κ2) is 7.51. The van der Waals surface area contributed by atoms with E-state index in [0.29, 0.717) is 45.0 Å². The Balaban J connectivity index is 1.68. The van der Waals surface area contributed by atoms with Gasteiger partial charge in [0, 0.05) is 31.7 Å². The number of hydrogen-bond acceptors (Lipinski definition) is 5. The average molecular weight is 367 g/mol. The van der Waals surface area contributed by atoms with Gasteiger partial charge in [-0.1, -0.05) is 6.07 Å². The lowest BCUT2D eigenvalue weighted by atomic mass is 10.3. The van der Waals surface area contributed by atoms with Crippen molar-refractivity contribution in [3.63, 3.8) is 0 Å². The average Bonchev–Trinajstić information content (AvgIpc) is 3.00. The molecule has 0 unspecified atom stereocenters. The number of morpholine rings is 1. The van der Waals surface area contributed by atoms with Gasteiger partial charge in [-0.3, -0.25) is 9.59 Å². The zero-order valence-electron chi connectivity index (χ0n) is 13.8. The summed E-state index contributed by atoms with van der Waals surface area (Å²) in [6.45, 7) is 1.95. The van der Waals surface area contributed by atoms with E-state index in [-0.39, 0.29) is 23.3 Å². The Labute approximate surface area is 146 Å². The van der Waals surface area contributed by atoms with E-state index in [1.807, 2.05) is 0 Å². The zero-order valence-corrected chi connectivity index (χ0v) is 14.6. The van der Waals surface area contributed by atoms with Crippen molar-refractivity contribution in [3.8, 4) is 0 Å². The van der Waals surface area contributed by atoms with Gasteiger partial charge in [0.15, 0.2) is 0 Å². The maximum atomic E-state index is 12.7. The number of likely N-dealkylation sites (tertiary alicyclic amines) is 1. The molecule has 0 atom stereocenters. The largest absolute Gasteiger partial charge is 0.379 e. The van der Waals surface area contributed by atoms with E-state index in [9.17, 15) is 18.0 Å². The fourth-order valence-corrected chi connectivity index (χ4v) is 4.37. The van der Waals surface area contributed by atoms with E-state index >= 15 is 0 Å². The molecule has 0 radical (unpaired) electrons. The van der Waals surface area contributed by atoms with Crippen LogP contribution < -0.4 is 5.32 Å². The molecule has 136 valence electrons. The molecular formula is C16H21N3O5S. The van der Waals surface area contributed by atoms with Crippen molar-refractivity contribution < 1.29 is 22.7 Å². The Hall–Kier alpha value is -1.97. The minimum atomic E-state index is -3.61. The van der Waals surface area contributed by atoms with Gasteiger partial charge in [0.2, 0.25) is 21.8 Å². The third kappa shape index (κ3) is 4.17. The Bertz CT molecular complexity index is 759. The summed E-state index contributed by atoms with van der Waals surface area (Å²) in [6.07, 6.45) is 1.24. The molecule has 1 aromatic rings. The highest BCUT2D eigenvalue weighted by Crippen LogP contribution is 2.20. The van der Waals surface area contributed by atoms with E-state index < -0.39 is 10.0 Å². The molecule has 1 N–H and O–H groups in total. The molecule has 2 fully saturated rings. The summed E-state index contributed by atoms with van der Waals surface area (Å²) in [5, 5.41) is 2.66. The SMILES string of the molecule is O=C(CN1CCCC1=O)Nc1cccc(S(=O)(=O)N2CCOCC2)c1. The van der Waals surface area contributed by atoms with Gasteiger partial charge in [-0.25, -0.2) is 8.42 Å². The molecular weight excluding hydrogens is 346 g/mol. The first-order valence-corrected chi connectivity index (χ1v) is 9.66. The van der Waals surface area contributed by atoms with Crippen LogP contribution in [0, 0.1) is 0 Å². The number of nitrogens with one attached hydrogen (secondary N) is 1. The molecule has 2 saturated heterocycles. The first-order valence-electron chi connectivity index (χ1n) is 8.22. The van der Waals surface area contributed by atoms with Crippen molar-refractivity contribution in [3.05, 3.63) is 24.3 Å². The minimum absolute atomic E-state index is 0.0146. The Morgan fingerprint density at radius 1 is 1.20 bits per heavy atom. The predicted molar refractivity (Wildman–Crippen MR) is 90.5 cm³/mol. The molecule has 3 rings (SSSR count). The second-order valence-electron chi connectivity index (χ2n) is 6.01. The van der Waals surface area contributed by atoms with E-state index in [4.69, 9.17) is 4.74 Å². The van der Waals surface area contributed by atoms with Crippen LogP contribution >= 0.6 is 0 Å². The number of anilines is 1. The summed E-state index contributed by atoms with van der Waals surface area (Å²) in [4.78, 5) is 25.3. The van der Waals surface area contributed by atoms with Crippen molar-refractivity contribution in [2.45, 2.75) is 17.7 Å². The molecule has 2 aliphatic heterocycles. The lowest BCUT2D eigenvalue weighted by Gasteiger charge is -2.26. The third-order valence-corrected chi connectivity index (χ3v) is 6.13. The van der Waals surface area contributed by atoms with Crippen LogP contribution in [0.15, 0.2) is 29.2 Å². The summed E-state index contributed by atoms with van der Waals surface area (Å²) in [6, 6.07) is 6.16. The van der Waals surface area contributed by atoms with E-state index in [1.54, 1.807) is 12.1 Å². The quantitative estimate of drug-likeness (QED) is 0.806. The second-order valence-corrected chi connectivity index (χ2v) is 7.95.